The smallest absolute Gasteiger partial charge is 0.408 e. The largest absolute Gasteiger partial charge is 0.450 e. The van der Waals surface area contributed by atoms with Crippen LogP contribution in [0.2, 0.25) is 5.02 Å². The lowest BCUT2D eigenvalue weighted by Crippen LogP contribution is -2.56. The van der Waals surface area contributed by atoms with E-state index in [0.717, 1.165) is 11.1 Å². The fraction of sp³-hybridized carbons (Fsp3) is 0.391. The summed E-state index contributed by atoms with van der Waals surface area (Å²) in [6, 6.07) is 13.7. The molecular weight excluding hydrogens is 452 g/mol. The normalized spacial score (nSPS) is 18.3. The average molecular weight is 479 g/mol. The summed E-state index contributed by atoms with van der Waals surface area (Å²) in [7, 11) is -3.23. The average Bonchev–Trinajstić information content (AvgIpc) is 3.11. The second-order valence-electron chi connectivity index (χ2n) is 7.85. The highest BCUT2D eigenvalue weighted by molar-refractivity contribution is 7.91. The zero-order valence-electron chi connectivity index (χ0n) is 18.1. The lowest BCUT2D eigenvalue weighted by molar-refractivity contribution is 0.0619. The number of carbonyl (C=O) groups excluding carboxylic acids is 2. The van der Waals surface area contributed by atoms with Crippen molar-refractivity contribution in [1.82, 2.24) is 10.2 Å². The molecule has 9 heteroatoms. The van der Waals surface area contributed by atoms with E-state index in [-0.39, 0.29) is 30.4 Å². The first kappa shape index (κ1) is 24.2. The highest BCUT2D eigenvalue weighted by Crippen LogP contribution is 2.24. The lowest BCUT2D eigenvalue weighted by atomic mass is 10.0. The molecule has 0 aliphatic carbocycles. The molecule has 1 saturated heterocycles. The van der Waals surface area contributed by atoms with Crippen LogP contribution < -0.4 is 5.32 Å². The Hall–Kier alpha value is -2.42. The van der Waals surface area contributed by atoms with Gasteiger partial charge in [0, 0.05) is 23.2 Å². The molecule has 0 radical (unpaired) electrons. The first-order valence-electron chi connectivity index (χ1n) is 10.4. The number of amides is 1. The lowest BCUT2D eigenvalue weighted by Gasteiger charge is -2.35. The summed E-state index contributed by atoms with van der Waals surface area (Å²) in [6.45, 7) is 3.99. The number of Topliss-reactive ketones (excluding diaryl/α,β-unsaturated/α-hetero) is 1. The van der Waals surface area contributed by atoms with Crippen molar-refractivity contribution in [2.45, 2.75) is 39.0 Å². The Morgan fingerprint density at radius 1 is 1.16 bits per heavy atom. The van der Waals surface area contributed by atoms with Crippen molar-refractivity contribution in [3.63, 3.8) is 0 Å². The van der Waals surface area contributed by atoms with Gasteiger partial charge in [0.25, 0.3) is 0 Å². The van der Waals surface area contributed by atoms with Crippen molar-refractivity contribution in [2.24, 2.45) is 0 Å². The number of ether oxygens (including phenoxy) is 1. The number of benzene rings is 2. The molecule has 1 N–H and O–H groups in total. The van der Waals surface area contributed by atoms with Crippen LogP contribution in [-0.2, 0) is 21.1 Å². The zero-order valence-corrected chi connectivity index (χ0v) is 19.7. The van der Waals surface area contributed by atoms with E-state index in [4.69, 9.17) is 16.3 Å². The molecule has 1 amide bonds. The summed E-state index contributed by atoms with van der Waals surface area (Å²) in [5, 5.41) is 3.23. The molecule has 7 nitrogen and oxygen atoms in total. The Kier molecular flexibility index (Phi) is 7.92. The number of rotatable bonds is 8. The third kappa shape index (κ3) is 6.31. The number of nitrogens with one attached hydrogen (secondary N) is 1. The highest BCUT2D eigenvalue weighted by Gasteiger charge is 2.39. The van der Waals surface area contributed by atoms with Gasteiger partial charge in [-0.2, -0.15) is 0 Å². The molecule has 2 aromatic rings. The first-order valence-corrected chi connectivity index (χ1v) is 12.6. The van der Waals surface area contributed by atoms with Crippen LogP contribution in [0.15, 0.2) is 48.5 Å². The minimum Gasteiger partial charge on any atom is -0.450 e. The molecular formula is C23H27ClN2O5S. The van der Waals surface area contributed by atoms with E-state index in [1.54, 1.807) is 36.1 Å². The van der Waals surface area contributed by atoms with Crippen molar-refractivity contribution in [3.05, 3.63) is 70.2 Å². The maximum atomic E-state index is 13.5. The second-order valence-corrected chi connectivity index (χ2v) is 10.5. The summed E-state index contributed by atoms with van der Waals surface area (Å²) in [5.74, 6) is -0.376. The number of nitrogens with zero attached hydrogens (tertiary/aromatic N) is 1. The third-order valence-electron chi connectivity index (χ3n) is 5.40. The maximum absolute atomic E-state index is 13.5. The van der Waals surface area contributed by atoms with E-state index in [9.17, 15) is 18.0 Å². The van der Waals surface area contributed by atoms with Gasteiger partial charge in [-0.3, -0.25) is 15.0 Å². The Morgan fingerprint density at radius 2 is 1.81 bits per heavy atom. The zero-order chi connectivity index (χ0) is 23.3. The van der Waals surface area contributed by atoms with Crippen molar-refractivity contribution in [3.8, 4) is 0 Å². The summed E-state index contributed by atoms with van der Waals surface area (Å²) in [5.41, 5.74) is 2.25. The van der Waals surface area contributed by atoms with Crippen molar-refractivity contribution in [1.29, 1.82) is 0 Å². The molecule has 0 unspecified atom stereocenters. The molecule has 2 atom stereocenters. The van der Waals surface area contributed by atoms with Gasteiger partial charge in [-0.1, -0.05) is 53.6 Å². The van der Waals surface area contributed by atoms with Crippen LogP contribution in [0.5, 0.6) is 0 Å². The van der Waals surface area contributed by atoms with E-state index < -0.39 is 28.1 Å². The van der Waals surface area contributed by atoms with Gasteiger partial charge in [0.2, 0.25) is 0 Å². The predicted molar refractivity (Wildman–Crippen MR) is 124 cm³/mol. The molecule has 2 aromatic carbocycles. The number of hydrogen-bond donors (Lipinski definition) is 1. The molecule has 1 heterocycles. The number of hydrogen-bond acceptors (Lipinski definition) is 6. The molecule has 1 aliphatic rings. The van der Waals surface area contributed by atoms with Crippen LogP contribution in [0.1, 0.15) is 34.8 Å². The van der Waals surface area contributed by atoms with Crippen molar-refractivity contribution >= 4 is 33.3 Å². The first-order chi connectivity index (χ1) is 15.2. The topological polar surface area (TPSA) is 92.8 Å². The monoisotopic (exact) mass is 478 g/mol. The number of aryl methyl sites for hydroxylation is 1. The molecule has 1 aliphatic heterocycles. The predicted octanol–water partition coefficient (Wildman–Crippen LogP) is 3.59. The van der Waals surface area contributed by atoms with Gasteiger partial charge in [0.1, 0.15) is 0 Å². The molecule has 0 aromatic heterocycles. The summed E-state index contributed by atoms with van der Waals surface area (Å²) in [6.07, 6.45) is -1.45. The van der Waals surface area contributed by atoms with Gasteiger partial charge < -0.3 is 4.74 Å². The summed E-state index contributed by atoms with van der Waals surface area (Å²) >= 11 is 6.00. The highest BCUT2D eigenvalue weighted by atomic mass is 35.5. The van der Waals surface area contributed by atoms with E-state index in [2.05, 4.69) is 5.32 Å². The van der Waals surface area contributed by atoms with Crippen LogP contribution in [0.3, 0.4) is 0 Å². The Balaban J connectivity index is 1.99. The van der Waals surface area contributed by atoms with Gasteiger partial charge >= 0.3 is 6.09 Å². The Labute approximate surface area is 193 Å². The number of sulfone groups is 1. The standard InChI is InChI=1S/C23H27ClN2O5S/c1-3-31-23(28)25-22(21(27)18-8-4-16(2)5-9-18)26(20-12-13-32(29,30)15-20)14-17-6-10-19(24)11-7-17/h4-11,20,22H,3,12-15H2,1-2H3,(H,25,28)/t20-,22+/m1/s1. The van der Waals surface area contributed by atoms with Crippen molar-refractivity contribution < 1.29 is 22.7 Å². The van der Waals surface area contributed by atoms with E-state index >= 15 is 0 Å². The quantitative estimate of drug-likeness (QED) is 0.460. The van der Waals surface area contributed by atoms with Crippen molar-refractivity contribution in [2.75, 3.05) is 18.1 Å². The minimum atomic E-state index is -3.23. The molecule has 0 spiro atoms. The number of halogens is 1. The van der Waals surface area contributed by atoms with Gasteiger partial charge in [-0.25, -0.2) is 13.2 Å². The minimum absolute atomic E-state index is 0.0413. The fourth-order valence-electron chi connectivity index (χ4n) is 3.73. The van der Waals surface area contributed by atoms with Crippen LogP contribution >= 0.6 is 11.6 Å². The number of alkyl carbamates (subject to hydrolysis) is 1. The van der Waals surface area contributed by atoms with Crippen LogP contribution in [-0.4, -0.2) is 55.5 Å². The van der Waals surface area contributed by atoms with E-state index in [1.807, 2.05) is 31.2 Å². The van der Waals surface area contributed by atoms with E-state index in [1.165, 1.54) is 0 Å². The second kappa shape index (κ2) is 10.5. The van der Waals surface area contributed by atoms with Gasteiger partial charge in [-0.05, 0) is 38.0 Å². The van der Waals surface area contributed by atoms with Crippen LogP contribution in [0.4, 0.5) is 4.79 Å². The SMILES string of the molecule is CCOC(=O)N[C@H](C(=O)c1ccc(C)cc1)N(Cc1ccc(Cl)cc1)[C@@H]1CCS(=O)(=O)C1. The van der Waals surface area contributed by atoms with Crippen LogP contribution in [0, 0.1) is 6.92 Å². The van der Waals surface area contributed by atoms with E-state index in [0.29, 0.717) is 17.0 Å². The molecule has 172 valence electrons. The molecule has 1 fully saturated rings. The van der Waals surface area contributed by atoms with Gasteiger partial charge in [0.05, 0.1) is 18.1 Å². The Morgan fingerprint density at radius 3 is 2.38 bits per heavy atom. The number of ketones is 1. The maximum Gasteiger partial charge on any atom is 0.408 e. The molecule has 0 saturated carbocycles. The molecule has 0 bridgehead atoms. The summed E-state index contributed by atoms with van der Waals surface area (Å²) in [4.78, 5) is 27.6. The summed E-state index contributed by atoms with van der Waals surface area (Å²) < 4.78 is 29.5. The third-order valence-corrected chi connectivity index (χ3v) is 7.40. The Bertz CT molecular complexity index is 1050. The van der Waals surface area contributed by atoms with Crippen LogP contribution in [0.25, 0.3) is 0 Å². The van der Waals surface area contributed by atoms with Gasteiger partial charge in [0.15, 0.2) is 21.8 Å². The molecule has 32 heavy (non-hydrogen) atoms. The van der Waals surface area contributed by atoms with Gasteiger partial charge in [-0.15, -0.1) is 0 Å². The molecule has 3 rings (SSSR count). The number of carbonyl (C=O) groups is 2. The fourth-order valence-corrected chi connectivity index (χ4v) is 5.60.